The molecule has 2 bridgehead atoms. The van der Waals surface area contributed by atoms with E-state index in [2.05, 4.69) is 34.0 Å². The molecule has 0 aromatic carbocycles. The molecule has 5 nitrogen and oxygen atoms in total. The lowest BCUT2D eigenvalue weighted by Gasteiger charge is -2.39. The number of hydrogen-bond acceptors (Lipinski definition) is 5. The van der Waals surface area contributed by atoms with Crippen molar-refractivity contribution in [3.8, 4) is 0 Å². The molecule has 2 unspecified atom stereocenters. The van der Waals surface area contributed by atoms with Crippen LogP contribution >= 0.6 is 0 Å². The highest BCUT2D eigenvalue weighted by Gasteiger charge is 2.41. The molecule has 0 amide bonds. The molecule has 3 rings (SSSR count). The molecule has 3 heterocycles. The van der Waals surface area contributed by atoms with E-state index in [0.29, 0.717) is 12.1 Å². The Bertz CT molecular complexity index is 479. The van der Waals surface area contributed by atoms with Crippen LogP contribution in [0.5, 0.6) is 0 Å². The zero-order chi connectivity index (χ0) is 14.8. The Morgan fingerprint density at radius 3 is 2.57 bits per heavy atom. The average molecular weight is 290 g/mol. The smallest absolute Gasteiger partial charge is 0.137 e. The Labute approximate surface area is 126 Å². The van der Waals surface area contributed by atoms with Crippen molar-refractivity contribution in [2.24, 2.45) is 0 Å². The predicted octanol–water partition coefficient (Wildman–Crippen LogP) is 2.35. The van der Waals surface area contributed by atoms with Gasteiger partial charge in [0.1, 0.15) is 18.0 Å². The molecule has 2 saturated heterocycles. The second-order valence-corrected chi connectivity index (χ2v) is 6.22. The van der Waals surface area contributed by atoms with Gasteiger partial charge < -0.3 is 15.3 Å². The highest BCUT2D eigenvalue weighted by molar-refractivity contribution is 5.60. The van der Waals surface area contributed by atoms with Crippen LogP contribution in [0.3, 0.4) is 0 Å². The number of rotatable bonds is 5. The first-order valence-corrected chi connectivity index (χ1v) is 8.28. The largest absolute Gasteiger partial charge is 0.393 e. The Morgan fingerprint density at radius 1 is 1.24 bits per heavy atom. The van der Waals surface area contributed by atoms with Crippen LogP contribution in [0, 0.1) is 0 Å². The molecule has 2 N–H and O–H groups in total. The molecule has 0 saturated carbocycles. The summed E-state index contributed by atoms with van der Waals surface area (Å²) in [4.78, 5) is 11.5. The van der Waals surface area contributed by atoms with Gasteiger partial charge in [0.2, 0.25) is 0 Å². The summed E-state index contributed by atoms with van der Waals surface area (Å²) < 4.78 is 0. The van der Waals surface area contributed by atoms with Gasteiger partial charge in [0.25, 0.3) is 0 Å². The third kappa shape index (κ3) is 2.71. The van der Waals surface area contributed by atoms with Crippen molar-refractivity contribution in [3.05, 3.63) is 11.9 Å². The van der Waals surface area contributed by atoms with Crippen LogP contribution in [0.2, 0.25) is 0 Å². The van der Waals surface area contributed by atoms with E-state index in [1.807, 2.05) is 0 Å². The molecular weight excluding hydrogens is 264 g/mol. The summed E-state index contributed by atoms with van der Waals surface area (Å²) in [5.74, 6) is 2.07. The number of aromatic nitrogens is 2. The normalized spacial score (nSPS) is 28.0. The first-order chi connectivity index (χ1) is 10.2. The van der Waals surface area contributed by atoms with Crippen LogP contribution in [-0.2, 0) is 6.42 Å². The molecule has 116 valence electrons. The SMILES string of the molecule is CCCNc1ncnc(N2C3CCC2CC(O)C3)c1CC. The highest BCUT2D eigenvalue weighted by atomic mass is 16.3. The van der Waals surface area contributed by atoms with E-state index < -0.39 is 0 Å². The van der Waals surface area contributed by atoms with Gasteiger partial charge in [-0.2, -0.15) is 0 Å². The summed E-state index contributed by atoms with van der Waals surface area (Å²) in [6, 6.07) is 0.885. The summed E-state index contributed by atoms with van der Waals surface area (Å²) in [6.45, 7) is 5.27. The first kappa shape index (κ1) is 14.6. The second-order valence-electron chi connectivity index (χ2n) is 6.22. The summed E-state index contributed by atoms with van der Waals surface area (Å²) >= 11 is 0. The first-order valence-electron chi connectivity index (χ1n) is 8.28. The Kier molecular flexibility index (Phi) is 4.29. The van der Waals surface area contributed by atoms with Gasteiger partial charge in [-0.1, -0.05) is 13.8 Å². The Morgan fingerprint density at radius 2 is 1.95 bits per heavy atom. The average Bonchev–Trinajstić information content (AvgIpc) is 2.76. The fourth-order valence-corrected chi connectivity index (χ4v) is 3.84. The number of fused-ring (bicyclic) bond motifs is 2. The number of nitrogens with one attached hydrogen (secondary N) is 1. The van der Waals surface area contributed by atoms with Crippen LogP contribution in [0.4, 0.5) is 11.6 Å². The number of anilines is 2. The van der Waals surface area contributed by atoms with Crippen LogP contribution in [0.15, 0.2) is 6.33 Å². The van der Waals surface area contributed by atoms with E-state index in [1.54, 1.807) is 6.33 Å². The molecule has 0 radical (unpaired) electrons. The quantitative estimate of drug-likeness (QED) is 0.871. The minimum absolute atomic E-state index is 0.136. The molecule has 2 fully saturated rings. The zero-order valence-corrected chi connectivity index (χ0v) is 13.0. The van der Waals surface area contributed by atoms with Gasteiger partial charge in [-0.25, -0.2) is 9.97 Å². The van der Waals surface area contributed by atoms with Crippen molar-refractivity contribution in [2.45, 2.75) is 70.6 Å². The van der Waals surface area contributed by atoms with Gasteiger partial charge in [0.05, 0.1) is 6.10 Å². The fourth-order valence-electron chi connectivity index (χ4n) is 3.84. The van der Waals surface area contributed by atoms with Crippen molar-refractivity contribution in [3.63, 3.8) is 0 Å². The summed E-state index contributed by atoms with van der Waals surface area (Å²) in [5.41, 5.74) is 1.22. The van der Waals surface area contributed by atoms with Gasteiger partial charge in [-0.05, 0) is 38.5 Å². The van der Waals surface area contributed by atoms with E-state index in [-0.39, 0.29) is 6.10 Å². The van der Waals surface area contributed by atoms with Gasteiger partial charge >= 0.3 is 0 Å². The summed E-state index contributed by atoms with van der Waals surface area (Å²) in [5, 5.41) is 13.4. The van der Waals surface area contributed by atoms with Crippen molar-refractivity contribution >= 4 is 11.6 Å². The van der Waals surface area contributed by atoms with E-state index in [9.17, 15) is 5.11 Å². The second kappa shape index (κ2) is 6.18. The molecule has 1 aromatic rings. The van der Waals surface area contributed by atoms with Crippen molar-refractivity contribution < 1.29 is 5.11 Å². The molecule has 0 aliphatic carbocycles. The maximum absolute atomic E-state index is 9.98. The Balaban J connectivity index is 1.91. The van der Waals surface area contributed by atoms with Gasteiger partial charge in [0, 0.05) is 24.2 Å². The summed E-state index contributed by atoms with van der Waals surface area (Å²) in [6.07, 6.45) is 7.66. The number of hydrogen-bond donors (Lipinski definition) is 2. The van der Waals surface area contributed by atoms with E-state index >= 15 is 0 Å². The maximum atomic E-state index is 9.98. The van der Waals surface area contributed by atoms with E-state index in [4.69, 9.17) is 0 Å². The Hall–Kier alpha value is -1.36. The number of aliphatic hydroxyl groups is 1. The molecule has 21 heavy (non-hydrogen) atoms. The number of nitrogens with zero attached hydrogens (tertiary/aromatic N) is 3. The van der Waals surface area contributed by atoms with E-state index in [0.717, 1.165) is 43.9 Å². The third-order valence-corrected chi connectivity index (χ3v) is 4.77. The van der Waals surface area contributed by atoms with Crippen LogP contribution in [0.25, 0.3) is 0 Å². The molecular formula is C16H26N4O. The zero-order valence-electron chi connectivity index (χ0n) is 13.0. The van der Waals surface area contributed by atoms with Crippen LogP contribution < -0.4 is 10.2 Å². The molecule has 5 heteroatoms. The van der Waals surface area contributed by atoms with Crippen molar-refractivity contribution in [1.82, 2.24) is 9.97 Å². The third-order valence-electron chi connectivity index (χ3n) is 4.77. The topological polar surface area (TPSA) is 61.3 Å². The lowest BCUT2D eigenvalue weighted by molar-refractivity contribution is 0.126. The van der Waals surface area contributed by atoms with Crippen molar-refractivity contribution in [1.29, 1.82) is 0 Å². The lowest BCUT2D eigenvalue weighted by atomic mass is 9.99. The minimum Gasteiger partial charge on any atom is -0.393 e. The molecule has 2 aliphatic rings. The predicted molar refractivity (Wildman–Crippen MR) is 84.7 cm³/mol. The lowest BCUT2D eigenvalue weighted by Crippen LogP contribution is -2.45. The number of aliphatic hydroxyl groups excluding tert-OH is 1. The molecule has 2 atom stereocenters. The van der Waals surface area contributed by atoms with Gasteiger partial charge in [0.15, 0.2) is 0 Å². The summed E-state index contributed by atoms with van der Waals surface area (Å²) in [7, 11) is 0. The number of piperidine rings is 1. The molecule has 0 spiro atoms. The van der Waals surface area contributed by atoms with Crippen molar-refractivity contribution in [2.75, 3.05) is 16.8 Å². The monoisotopic (exact) mass is 290 g/mol. The fraction of sp³-hybridized carbons (Fsp3) is 0.750. The van der Waals surface area contributed by atoms with Gasteiger partial charge in [-0.3, -0.25) is 0 Å². The van der Waals surface area contributed by atoms with Crippen LogP contribution in [-0.4, -0.2) is 39.8 Å². The standard InChI is InChI=1S/C16H26N4O/c1-3-7-17-15-14(4-2)16(19-10-18-15)20-11-5-6-12(20)9-13(21)8-11/h10-13,21H,3-9H2,1-2H3,(H,17,18,19). The maximum Gasteiger partial charge on any atom is 0.137 e. The van der Waals surface area contributed by atoms with Crippen LogP contribution in [0.1, 0.15) is 51.5 Å². The van der Waals surface area contributed by atoms with E-state index in [1.165, 1.54) is 18.4 Å². The molecule has 1 aromatic heterocycles. The highest BCUT2D eigenvalue weighted by Crippen LogP contribution is 2.40. The van der Waals surface area contributed by atoms with Gasteiger partial charge in [-0.15, -0.1) is 0 Å². The minimum atomic E-state index is -0.136. The molecule has 2 aliphatic heterocycles.